The number of hydrogen-bond acceptors (Lipinski definition) is 5. The van der Waals surface area contributed by atoms with Gasteiger partial charge in [-0.1, -0.05) is 0 Å². The van der Waals surface area contributed by atoms with Crippen molar-refractivity contribution in [2.24, 2.45) is 0 Å². The summed E-state index contributed by atoms with van der Waals surface area (Å²) in [7, 11) is 0. The Labute approximate surface area is 104 Å². The van der Waals surface area contributed by atoms with E-state index in [1.807, 2.05) is 0 Å². The van der Waals surface area contributed by atoms with Crippen LogP contribution in [-0.4, -0.2) is 15.8 Å². The normalized spacial score (nSPS) is 10.1. The van der Waals surface area contributed by atoms with Gasteiger partial charge in [0.1, 0.15) is 11.5 Å². The van der Waals surface area contributed by atoms with Gasteiger partial charge < -0.3 is 5.32 Å². The van der Waals surface area contributed by atoms with Crippen LogP contribution < -0.4 is 5.32 Å². The van der Waals surface area contributed by atoms with Gasteiger partial charge >= 0.3 is 0 Å². The van der Waals surface area contributed by atoms with Crippen molar-refractivity contribution in [1.29, 1.82) is 0 Å². The van der Waals surface area contributed by atoms with Crippen molar-refractivity contribution in [1.82, 2.24) is 4.98 Å². The van der Waals surface area contributed by atoms with E-state index in [0.717, 1.165) is 29.5 Å². The van der Waals surface area contributed by atoms with Gasteiger partial charge in [0.25, 0.3) is 11.6 Å². The Balaban J connectivity index is 2.31. The summed E-state index contributed by atoms with van der Waals surface area (Å²) in [5, 5.41) is 14.7. The first-order chi connectivity index (χ1) is 8.58. The number of aromatic nitrogens is 1. The maximum absolute atomic E-state index is 13.0. The minimum absolute atomic E-state index is 0.147. The Kier molecular flexibility index (Phi) is 3.28. The molecule has 0 aliphatic heterocycles. The Morgan fingerprint density at radius 2 is 2.28 bits per heavy atom. The van der Waals surface area contributed by atoms with Gasteiger partial charge in [0.15, 0.2) is 5.01 Å². The molecule has 18 heavy (non-hydrogen) atoms. The predicted octanol–water partition coefficient (Wildman–Crippen LogP) is 2.44. The van der Waals surface area contributed by atoms with E-state index in [2.05, 4.69) is 10.3 Å². The Hall–Kier alpha value is -2.35. The summed E-state index contributed by atoms with van der Waals surface area (Å²) >= 11 is 1.08. The molecule has 2 rings (SSSR count). The molecule has 92 valence electrons. The zero-order valence-electron chi connectivity index (χ0n) is 8.79. The first-order valence-electron chi connectivity index (χ1n) is 4.72. The van der Waals surface area contributed by atoms with E-state index in [1.54, 1.807) is 5.38 Å². The Bertz CT molecular complexity index is 600. The van der Waals surface area contributed by atoms with Crippen molar-refractivity contribution >= 4 is 28.6 Å². The average Bonchev–Trinajstić information content (AvgIpc) is 2.81. The fourth-order valence-electron chi connectivity index (χ4n) is 1.28. The summed E-state index contributed by atoms with van der Waals surface area (Å²) in [4.78, 5) is 25.4. The number of thiazole rings is 1. The van der Waals surface area contributed by atoms with Crippen molar-refractivity contribution in [2.45, 2.75) is 0 Å². The van der Waals surface area contributed by atoms with E-state index in [9.17, 15) is 19.3 Å². The Morgan fingerprint density at radius 1 is 1.50 bits per heavy atom. The third-order valence-electron chi connectivity index (χ3n) is 2.03. The van der Waals surface area contributed by atoms with E-state index in [1.165, 1.54) is 6.20 Å². The van der Waals surface area contributed by atoms with Crippen molar-refractivity contribution in [3.8, 4) is 0 Å². The second-order valence-electron chi connectivity index (χ2n) is 3.21. The number of nitrogens with one attached hydrogen (secondary N) is 1. The van der Waals surface area contributed by atoms with E-state index in [-0.39, 0.29) is 16.4 Å². The molecule has 0 unspecified atom stereocenters. The molecular formula is C10H6FN3O3S. The number of anilines is 1. The molecule has 0 aliphatic carbocycles. The van der Waals surface area contributed by atoms with E-state index in [0.29, 0.717) is 0 Å². The van der Waals surface area contributed by atoms with Gasteiger partial charge in [0.2, 0.25) is 0 Å². The van der Waals surface area contributed by atoms with Crippen LogP contribution in [0.5, 0.6) is 0 Å². The lowest BCUT2D eigenvalue weighted by Crippen LogP contribution is -2.12. The molecule has 1 aromatic carbocycles. The average molecular weight is 267 g/mol. The van der Waals surface area contributed by atoms with Crippen LogP contribution >= 0.6 is 11.3 Å². The van der Waals surface area contributed by atoms with Crippen molar-refractivity contribution < 1.29 is 14.1 Å². The van der Waals surface area contributed by atoms with Crippen LogP contribution in [0.3, 0.4) is 0 Å². The number of rotatable bonds is 3. The molecule has 1 heterocycles. The van der Waals surface area contributed by atoms with Gasteiger partial charge in [-0.3, -0.25) is 14.9 Å². The quantitative estimate of drug-likeness (QED) is 0.683. The summed E-state index contributed by atoms with van der Waals surface area (Å²) < 4.78 is 13.0. The first kappa shape index (κ1) is 12.1. The molecule has 1 N–H and O–H groups in total. The smallest absolute Gasteiger partial charge is 0.292 e. The largest absolute Gasteiger partial charge is 0.314 e. The first-order valence-corrected chi connectivity index (χ1v) is 5.60. The number of halogens is 1. The Morgan fingerprint density at radius 3 is 2.89 bits per heavy atom. The number of carbonyl (C=O) groups excluding carboxylic acids is 1. The van der Waals surface area contributed by atoms with Crippen molar-refractivity contribution in [3.63, 3.8) is 0 Å². The number of amides is 1. The summed E-state index contributed by atoms with van der Waals surface area (Å²) in [5.41, 5.74) is -0.568. The fraction of sp³-hybridized carbons (Fsp3) is 0. The van der Waals surface area contributed by atoms with Crippen LogP contribution in [0.15, 0.2) is 29.8 Å². The topological polar surface area (TPSA) is 85.1 Å². The molecule has 0 aliphatic rings. The SMILES string of the molecule is O=C(Nc1cc(F)ccc1[N+](=O)[O-])c1nccs1. The van der Waals surface area contributed by atoms with Gasteiger partial charge in [-0.05, 0) is 6.07 Å². The second-order valence-corrected chi connectivity index (χ2v) is 4.10. The summed E-state index contributed by atoms with van der Waals surface area (Å²) in [6.45, 7) is 0. The molecule has 0 bridgehead atoms. The monoisotopic (exact) mass is 267 g/mol. The van der Waals surface area contributed by atoms with Crippen molar-refractivity contribution in [3.05, 3.63) is 50.7 Å². The van der Waals surface area contributed by atoms with Gasteiger partial charge in [0, 0.05) is 23.7 Å². The number of nitrogens with zero attached hydrogens (tertiary/aromatic N) is 2. The molecule has 1 aromatic heterocycles. The van der Waals surface area contributed by atoms with Gasteiger partial charge in [0.05, 0.1) is 4.92 Å². The highest BCUT2D eigenvalue weighted by Crippen LogP contribution is 2.25. The summed E-state index contributed by atoms with van der Waals surface area (Å²) in [5.74, 6) is -1.28. The predicted molar refractivity (Wildman–Crippen MR) is 63.1 cm³/mol. The van der Waals surface area contributed by atoms with Crippen LogP contribution in [0.1, 0.15) is 9.80 Å². The lowest BCUT2D eigenvalue weighted by molar-refractivity contribution is -0.384. The van der Waals surface area contributed by atoms with E-state index < -0.39 is 16.6 Å². The lowest BCUT2D eigenvalue weighted by atomic mass is 10.2. The van der Waals surface area contributed by atoms with Crippen LogP contribution in [0.25, 0.3) is 0 Å². The standard InChI is InChI=1S/C10H6FN3O3S/c11-6-1-2-8(14(16)17)7(5-6)13-9(15)10-12-3-4-18-10/h1-5H,(H,13,15). The highest BCUT2D eigenvalue weighted by molar-refractivity contribution is 7.11. The maximum Gasteiger partial charge on any atom is 0.292 e. The van der Waals surface area contributed by atoms with Gasteiger partial charge in [-0.25, -0.2) is 9.37 Å². The van der Waals surface area contributed by atoms with Crippen LogP contribution in [0, 0.1) is 15.9 Å². The van der Waals surface area contributed by atoms with Crippen LogP contribution in [0.2, 0.25) is 0 Å². The van der Waals surface area contributed by atoms with Crippen molar-refractivity contribution in [2.75, 3.05) is 5.32 Å². The van der Waals surface area contributed by atoms with E-state index >= 15 is 0 Å². The van der Waals surface area contributed by atoms with Crippen LogP contribution in [-0.2, 0) is 0 Å². The third kappa shape index (κ3) is 2.48. The highest BCUT2D eigenvalue weighted by Gasteiger charge is 2.18. The summed E-state index contributed by atoms with van der Waals surface area (Å²) in [6, 6.07) is 2.84. The molecule has 0 fully saturated rings. The number of benzene rings is 1. The minimum atomic E-state index is -0.698. The summed E-state index contributed by atoms with van der Waals surface area (Å²) in [6.07, 6.45) is 1.43. The van der Waals surface area contributed by atoms with E-state index in [4.69, 9.17) is 0 Å². The number of hydrogen-bond donors (Lipinski definition) is 1. The fourth-order valence-corrected chi connectivity index (χ4v) is 1.81. The molecule has 0 saturated heterocycles. The minimum Gasteiger partial charge on any atom is -0.314 e. The molecule has 2 aromatic rings. The number of nitro groups is 1. The highest BCUT2D eigenvalue weighted by atomic mass is 32.1. The molecule has 8 heteroatoms. The molecule has 0 atom stereocenters. The zero-order valence-corrected chi connectivity index (χ0v) is 9.61. The lowest BCUT2D eigenvalue weighted by Gasteiger charge is -2.04. The number of nitro benzene ring substituents is 1. The molecule has 1 amide bonds. The van der Waals surface area contributed by atoms with Gasteiger partial charge in [-0.2, -0.15) is 0 Å². The second kappa shape index (κ2) is 4.88. The number of carbonyl (C=O) groups is 1. The molecule has 0 radical (unpaired) electrons. The third-order valence-corrected chi connectivity index (χ3v) is 2.80. The maximum atomic E-state index is 13.0. The molecule has 0 saturated carbocycles. The molecular weight excluding hydrogens is 261 g/mol. The van der Waals surface area contributed by atoms with Gasteiger partial charge in [-0.15, -0.1) is 11.3 Å². The molecule has 0 spiro atoms. The van der Waals surface area contributed by atoms with Crippen LogP contribution in [0.4, 0.5) is 15.8 Å². The molecule has 6 nitrogen and oxygen atoms in total. The zero-order chi connectivity index (χ0) is 13.1.